The Kier molecular flexibility index (Phi) is 3.14. The van der Waals surface area contributed by atoms with E-state index in [9.17, 15) is 18.3 Å². The predicted molar refractivity (Wildman–Crippen MR) is 59.4 cm³/mol. The van der Waals surface area contributed by atoms with Crippen molar-refractivity contribution in [3.63, 3.8) is 0 Å². The molecule has 1 aromatic carbocycles. The zero-order chi connectivity index (χ0) is 13.4. The normalized spacial score (nSPS) is 24.4. The maximum atomic E-state index is 12.3. The molecule has 1 heterocycles. The summed E-state index contributed by atoms with van der Waals surface area (Å²) in [6.07, 6.45) is -4.22. The highest BCUT2D eigenvalue weighted by Crippen LogP contribution is 2.35. The standard InChI is InChI=1S/C12H13F3NO2/c1-11(17)6-7-16(8-11)9-4-2-3-5-10(9)18-12(13,14)15/h3-5,17H,6-8H2,1H3/t11-/m0/s1. The van der Waals surface area contributed by atoms with Crippen molar-refractivity contribution < 1.29 is 23.0 Å². The van der Waals surface area contributed by atoms with Gasteiger partial charge in [-0.3, -0.25) is 0 Å². The lowest BCUT2D eigenvalue weighted by molar-refractivity contribution is -0.274. The van der Waals surface area contributed by atoms with Gasteiger partial charge in [-0.05, 0) is 31.5 Å². The van der Waals surface area contributed by atoms with Crippen molar-refractivity contribution in [2.24, 2.45) is 0 Å². The third-order valence-corrected chi connectivity index (χ3v) is 2.82. The quantitative estimate of drug-likeness (QED) is 0.886. The van der Waals surface area contributed by atoms with Gasteiger partial charge < -0.3 is 14.7 Å². The van der Waals surface area contributed by atoms with Crippen LogP contribution >= 0.6 is 0 Å². The molecule has 0 unspecified atom stereocenters. The van der Waals surface area contributed by atoms with E-state index in [1.54, 1.807) is 11.8 Å². The van der Waals surface area contributed by atoms with Gasteiger partial charge in [0.05, 0.1) is 11.3 Å². The molecule has 0 bridgehead atoms. The SMILES string of the molecule is C[C@]1(O)CCN(c2c[c]ccc2OC(F)(F)F)C1. The van der Waals surface area contributed by atoms with Crippen molar-refractivity contribution in [1.82, 2.24) is 0 Å². The first kappa shape index (κ1) is 13.0. The number of ether oxygens (including phenoxy) is 1. The van der Waals surface area contributed by atoms with E-state index < -0.39 is 12.0 Å². The molecule has 18 heavy (non-hydrogen) atoms. The Balaban J connectivity index is 2.23. The summed E-state index contributed by atoms with van der Waals surface area (Å²) in [4.78, 5) is 1.66. The summed E-state index contributed by atoms with van der Waals surface area (Å²) in [6.45, 7) is 2.42. The topological polar surface area (TPSA) is 32.7 Å². The average molecular weight is 260 g/mol. The van der Waals surface area contributed by atoms with Crippen LogP contribution in [0.3, 0.4) is 0 Å². The van der Waals surface area contributed by atoms with Gasteiger partial charge in [0.2, 0.25) is 0 Å². The Morgan fingerprint density at radius 1 is 1.50 bits per heavy atom. The fraction of sp³-hybridized carbons (Fsp3) is 0.500. The molecule has 1 saturated heterocycles. The molecule has 0 saturated carbocycles. The molecular formula is C12H13F3NO2. The molecule has 6 heteroatoms. The second-order valence-electron chi connectivity index (χ2n) is 4.61. The zero-order valence-electron chi connectivity index (χ0n) is 9.79. The summed E-state index contributed by atoms with van der Waals surface area (Å²) in [7, 11) is 0. The molecule has 1 aromatic rings. The molecule has 1 radical (unpaired) electrons. The number of benzene rings is 1. The van der Waals surface area contributed by atoms with Crippen molar-refractivity contribution in [3.8, 4) is 5.75 Å². The van der Waals surface area contributed by atoms with E-state index >= 15 is 0 Å². The number of nitrogens with zero attached hydrogens (tertiary/aromatic N) is 1. The minimum Gasteiger partial charge on any atom is -0.404 e. The number of anilines is 1. The summed E-state index contributed by atoms with van der Waals surface area (Å²) in [6, 6.07) is 6.73. The molecule has 0 aromatic heterocycles. The molecule has 0 amide bonds. The number of halogens is 3. The fourth-order valence-electron chi connectivity index (χ4n) is 2.02. The van der Waals surface area contributed by atoms with Crippen molar-refractivity contribution in [3.05, 3.63) is 24.3 Å². The summed E-state index contributed by atoms with van der Waals surface area (Å²) in [5, 5.41) is 9.83. The smallest absolute Gasteiger partial charge is 0.404 e. The number of aliphatic hydroxyl groups is 1. The predicted octanol–water partition coefficient (Wildman–Crippen LogP) is 2.35. The van der Waals surface area contributed by atoms with Crippen LogP contribution in [-0.4, -0.2) is 30.2 Å². The lowest BCUT2D eigenvalue weighted by Crippen LogP contribution is -2.30. The number of hydrogen-bond acceptors (Lipinski definition) is 3. The number of rotatable bonds is 2. The van der Waals surface area contributed by atoms with E-state index in [0.717, 1.165) is 0 Å². The van der Waals surface area contributed by atoms with Gasteiger partial charge in [0, 0.05) is 13.1 Å². The van der Waals surface area contributed by atoms with Gasteiger partial charge >= 0.3 is 6.36 Å². The summed E-state index contributed by atoms with van der Waals surface area (Å²) >= 11 is 0. The average Bonchev–Trinajstić information content (AvgIpc) is 2.57. The van der Waals surface area contributed by atoms with E-state index in [0.29, 0.717) is 18.7 Å². The van der Waals surface area contributed by atoms with Gasteiger partial charge in [-0.25, -0.2) is 0 Å². The van der Waals surface area contributed by atoms with Crippen LogP contribution in [0.15, 0.2) is 18.2 Å². The molecule has 1 aliphatic heterocycles. The molecule has 0 aliphatic carbocycles. The maximum Gasteiger partial charge on any atom is 0.573 e. The fourth-order valence-corrected chi connectivity index (χ4v) is 2.02. The molecule has 1 fully saturated rings. The van der Waals surface area contributed by atoms with E-state index in [4.69, 9.17) is 0 Å². The van der Waals surface area contributed by atoms with Crippen molar-refractivity contribution in [2.45, 2.75) is 25.3 Å². The maximum absolute atomic E-state index is 12.3. The minimum absolute atomic E-state index is 0.265. The Morgan fingerprint density at radius 3 is 2.78 bits per heavy atom. The molecule has 1 N–H and O–H groups in total. The Hall–Kier alpha value is -1.43. The molecule has 1 aliphatic rings. The van der Waals surface area contributed by atoms with Gasteiger partial charge in [0.15, 0.2) is 5.75 Å². The largest absolute Gasteiger partial charge is 0.573 e. The van der Waals surface area contributed by atoms with Gasteiger partial charge in [0.25, 0.3) is 0 Å². The van der Waals surface area contributed by atoms with E-state index in [-0.39, 0.29) is 12.3 Å². The van der Waals surface area contributed by atoms with Gasteiger partial charge in [-0.1, -0.05) is 6.07 Å². The third-order valence-electron chi connectivity index (χ3n) is 2.82. The van der Waals surface area contributed by atoms with Crippen LogP contribution in [0.5, 0.6) is 5.75 Å². The third kappa shape index (κ3) is 3.07. The number of alkyl halides is 3. The van der Waals surface area contributed by atoms with Gasteiger partial charge in [-0.2, -0.15) is 0 Å². The van der Waals surface area contributed by atoms with Crippen LogP contribution < -0.4 is 9.64 Å². The lowest BCUT2D eigenvalue weighted by atomic mass is 10.1. The first-order valence-electron chi connectivity index (χ1n) is 5.50. The van der Waals surface area contributed by atoms with Crippen LogP contribution in [0, 0.1) is 6.07 Å². The van der Waals surface area contributed by atoms with E-state index in [1.165, 1.54) is 18.2 Å². The van der Waals surface area contributed by atoms with Crippen molar-refractivity contribution in [2.75, 3.05) is 18.0 Å². The first-order chi connectivity index (χ1) is 8.27. The summed E-state index contributed by atoms with van der Waals surface area (Å²) in [5.41, 5.74) is -0.585. The molecule has 99 valence electrons. The zero-order valence-corrected chi connectivity index (χ0v) is 9.79. The first-order valence-corrected chi connectivity index (χ1v) is 5.50. The minimum atomic E-state index is -4.72. The molecule has 2 rings (SSSR count). The van der Waals surface area contributed by atoms with Crippen LogP contribution in [0.1, 0.15) is 13.3 Å². The molecule has 1 atom stereocenters. The summed E-state index contributed by atoms with van der Waals surface area (Å²) in [5.74, 6) is -0.265. The highest BCUT2D eigenvalue weighted by molar-refractivity contribution is 5.59. The van der Waals surface area contributed by atoms with E-state index in [1.807, 2.05) is 0 Å². The Morgan fingerprint density at radius 2 is 2.22 bits per heavy atom. The van der Waals surface area contributed by atoms with Crippen LogP contribution in [0.4, 0.5) is 18.9 Å². The Bertz CT molecular complexity index is 432. The highest BCUT2D eigenvalue weighted by atomic mass is 19.4. The number of β-amino-alcohol motifs (C(OH)–C–C–N with tert-alkyl or cyclic N) is 1. The van der Waals surface area contributed by atoms with Crippen LogP contribution in [0.2, 0.25) is 0 Å². The van der Waals surface area contributed by atoms with Crippen LogP contribution in [-0.2, 0) is 0 Å². The monoisotopic (exact) mass is 260 g/mol. The van der Waals surface area contributed by atoms with Gasteiger partial charge in [-0.15, -0.1) is 13.2 Å². The van der Waals surface area contributed by atoms with Crippen LogP contribution in [0.25, 0.3) is 0 Å². The van der Waals surface area contributed by atoms with Crippen molar-refractivity contribution >= 4 is 5.69 Å². The lowest BCUT2D eigenvalue weighted by Gasteiger charge is -2.23. The Labute approximate surface area is 103 Å². The number of hydrogen-bond donors (Lipinski definition) is 1. The van der Waals surface area contributed by atoms with Gasteiger partial charge in [0.1, 0.15) is 0 Å². The summed E-state index contributed by atoms with van der Waals surface area (Å²) < 4.78 is 40.8. The van der Waals surface area contributed by atoms with E-state index in [2.05, 4.69) is 10.8 Å². The second-order valence-corrected chi connectivity index (χ2v) is 4.61. The molecular weight excluding hydrogens is 247 g/mol. The second kappa shape index (κ2) is 4.35. The van der Waals surface area contributed by atoms with Crippen molar-refractivity contribution in [1.29, 1.82) is 0 Å². The highest BCUT2D eigenvalue weighted by Gasteiger charge is 2.36. The molecule has 3 nitrogen and oxygen atoms in total. The molecule has 0 spiro atoms.